The van der Waals surface area contributed by atoms with Crippen molar-refractivity contribution in [3.63, 3.8) is 0 Å². The Morgan fingerprint density at radius 1 is 0.793 bits per heavy atom. The third-order valence-corrected chi connectivity index (χ3v) is 10.5. The molecule has 0 radical (unpaired) electrons. The maximum Gasteiger partial charge on any atom is 0.174 e. The Kier molecular flexibility index (Phi) is 4.02. The lowest BCUT2D eigenvalue weighted by Crippen LogP contribution is -2.66. The highest BCUT2D eigenvalue weighted by molar-refractivity contribution is 5.18. The Bertz CT molecular complexity index is 679. The zero-order valence-electron chi connectivity index (χ0n) is 18.4. The SMILES string of the molecule is CC12CCC3(CC1CCC1C4CCC5(OCCO5)C4(C)C[C@](C)(O)[C@@H]12)OCCO3. The number of hydrogen-bond acceptors (Lipinski definition) is 5. The molecule has 0 aromatic carbocycles. The molecular weight excluding hydrogens is 368 g/mol. The fourth-order valence-corrected chi connectivity index (χ4v) is 9.60. The zero-order valence-corrected chi connectivity index (χ0v) is 18.4. The molecule has 0 aromatic rings. The first-order valence-corrected chi connectivity index (χ1v) is 12.0. The van der Waals surface area contributed by atoms with Gasteiger partial charge in [0.05, 0.1) is 32.0 Å². The second-order valence-corrected chi connectivity index (χ2v) is 11.8. The van der Waals surface area contributed by atoms with Gasteiger partial charge in [-0.3, -0.25) is 0 Å². The molecule has 5 nitrogen and oxygen atoms in total. The first kappa shape index (κ1) is 19.5. The summed E-state index contributed by atoms with van der Waals surface area (Å²) < 4.78 is 24.7. The van der Waals surface area contributed by atoms with Crippen LogP contribution in [-0.2, 0) is 18.9 Å². The average Bonchev–Trinajstić information content (AvgIpc) is 3.37. The van der Waals surface area contributed by atoms with Crippen molar-refractivity contribution in [3.05, 3.63) is 0 Å². The van der Waals surface area contributed by atoms with Gasteiger partial charge in [0, 0.05) is 24.7 Å². The van der Waals surface area contributed by atoms with E-state index in [9.17, 15) is 5.11 Å². The second kappa shape index (κ2) is 5.98. The topological polar surface area (TPSA) is 57.2 Å². The molecule has 164 valence electrons. The molecule has 2 spiro atoms. The predicted molar refractivity (Wildman–Crippen MR) is 107 cm³/mol. The van der Waals surface area contributed by atoms with E-state index in [0.717, 1.165) is 45.3 Å². The van der Waals surface area contributed by atoms with Crippen LogP contribution in [0.25, 0.3) is 0 Å². The maximum atomic E-state index is 12.0. The highest BCUT2D eigenvalue weighted by atomic mass is 16.7. The fraction of sp³-hybridized carbons (Fsp3) is 1.00. The lowest BCUT2D eigenvalue weighted by Gasteiger charge is -2.66. The molecule has 0 aromatic heterocycles. The molecule has 5 unspecified atom stereocenters. The van der Waals surface area contributed by atoms with E-state index in [1.807, 2.05) is 0 Å². The van der Waals surface area contributed by atoms with E-state index in [2.05, 4.69) is 20.8 Å². The molecule has 5 heteroatoms. The van der Waals surface area contributed by atoms with Crippen molar-refractivity contribution in [1.29, 1.82) is 0 Å². The Balaban J connectivity index is 1.35. The molecule has 0 bridgehead atoms. The van der Waals surface area contributed by atoms with Crippen molar-refractivity contribution < 1.29 is 24.1 Å². The summed E-state index contributed by atoms with van der Waals surface area (Å²) in [5.74, 6) is 1.24. The molecule has 1 N–H and O–H groups in total. The summed E-state index contributed by atoms with van der Waals surface area (Å²) in [6.07, 6.45) is 8.43. The number of aliphatic hydroxyl groups is 1. The standard InChI is InChI=1S/C24H38O5/c1-20-8-9-23(26-10-11-27-23)14-16(20)4-5-17-18-6-7-24(28-12-13-29-24)21(18,2)15-22(3,25)19(17)20/h16-19,25H,4-15H2,1-3H3/t16?,17?,18?,19-,20?,21?,22-/m0/s1. The molecule has 7 atom stereocenters. The van der Waals surface area contributed by atoms with Gasteiger partial charge in [-0.2, -0.15) is 0 Å². The van der Waals surface area contributed by atoms with Crippen molar-refractivity contribution in [2.75, 3.05) is 26.4 Å². The highest BCUT2D eigenvalue weighted by Crippen LogP contribution is 2.72. The number of ether oxygens (including phenoxy) is 4. The average molecular weight is 407 g/mol. The summed E-state index contributed by atoms with van der Waals surface area (Å²) in [5.41, 5.74) is -0.635. The Hall–Kier alpha value is -0.200. The summed E-state index contributed by atoms with van der Waals surface area (Å²) in [5, 5.41) is 12.0. The molecule has 2 saturated heterocycles. The van der Waals surface area contributed by atoms with Gasteiger partial charge >= 0.3 is 0 Å². The van der Waals surface area contributed by atoms with Crippen molar-refractivity contribution in [1.82, 2.24) is 0 Å². The van der Waals surface area contributed by atoms with Gasteiger partial charge in [0.2, 0.25) is 0 Å². The van der Waals surface area contributed by atoms with E-state index in [1.54, 1.807) is 0 Å². The van der Waals surface area contributed by atoms with E-state index < -0.39 is 11.4 Å². The molecule has 29 heavy (non-hydrogen) atoms. The van der Waals surface area contributed by atoms with E-state index in [1.165, 1.54) is 19.3 Å². The summed E-state index contributed by atoms with van der Waals surface area (Å²) in [4.78, 5) is 0. The van der Waals surface area contributed by atoms with Crippen LogP contribution in [0.5, 0.6) is 0 Å². The number of rotatable bonds is 0. The van der Waals surface area contributed by atoms with Crippen LogP contribution in [0.3, 0.4) is 0 Å². The minimum Gasteiger partial charge on any atom is -0.390 e. The van der Waals surface area contributed by atoms with Crippen LogP contribution < -0.4 is 0 Å². The first-order chi connectivity index (χ1) is 13.7. The molecule has 2 aliphatic heterocycles. The fourth-order valence-electron chi connectivity index (χ4n) is 9.60. The van der Waals surface area contributed by atoms with Gasteiger partial charge in [-0.1, -0.05) is 13.8 Å². The lowest BCUT2D eigenvalue weighted by atomic mass is 9.41. The van der Waals surface area contributed by atoms with Gasteiger partial charge in [-0.05, 0) is 68.1 Å². The molecule has 2 heterocycles. The lowest BCUT2D eigenvalue weighted by molar-refractivity contribution is -0.294. The molecule has 6 rings (SSSR count). The Morgan fingerprint density at radius 3 is 2.21 bits per heavy atom. The van der Waals surface area contributed by atoms with E-state index in [4.69, 9.17) is 18.9 Å². The molecular formula is C24H38O5. The van der Waals surface area contributed by atoms with Gasteiger partial charge in [-0.25, -0.2) is 0 Å². The van der Waals surface area contributed by atoms with Gasteiger partial charge in [0.15, 0.2) is 11.6 Å². The van der Waals surface area contributed by atoms with Crippen molar-refractivity contribution >= 4 is 0 Å². The van der Waals surface area contributed by atoms with Crippen LogP contribution in [0, 0.1) is 34.5 Å². The largest absolute Gasteiger partial charge is 0.390 e. The van der Waals surface area contributed by atoms with Crippen molar-refractivity contribution in [2.24, 2.45) is 34.5 Å². The first-order valence-electron chi connectivity index (χ1n) is 12.0. The Morgan fingerprint density at radius 2 is 1.48 bits per heavy atom. The van der Waals surface area contributed by atoms with Gasteiger partial charge in [0.1, 0.15) is 0 Å². The van der Waals surface area contributed by atoms with Crippen LogP contribution in [0.2, 0.25) is 0 Å². The van der Waals surface area contributed by atoms with Crippen LogP contribution >= 0.6 is 0 Å². The molecule has 6 aliphatic rings. The zero-order chi connectivity index (χ0) is 20.1. The monoisotopic (exact) mass is 406 g/mol. The van der Waals surface area contributed by atoms with Crippen LogP contribution in [0.1, 0.15) is 72.1 Å². The van der Waals surface area contributed by atoms with Gasteiger partial charge in [-0.15, -0.1) is 0 Å². The van der Waals surface area contributed by atoms with Crippen molar-refractivity contribution in [3.8, 4) is 0 Å². The van der Waals surface area contributed by atoms with E-state index in [0.29, 0.717) is 36.9 Å². The predicted octanol–water partition coefficient (Wildman–Crippen LogP) is 3.88. The van der Waals surface area contributed by atoms with Crippen LogP contribution in [-0.4, -0.2) is 48.7 Å². The summed E-state index contributed by atoms with van der Waals surface area (Å²) in [7, 11) is 0. The van der Waals surface area contributed by atoms with Gasteiger partial charge < -0.3 is 24.1 Å². The highest BCUT2D eigenvalue weighted by Gasteiger charge is 2.72. The molecule has 6 fully saturated rings. The van der Waals surface area contributed by atoms with Crippen LogP contribution in [0.4, 0.5) is 0 Å². The normalized spacial score (nSPS) is 55.0. The molecule has 4 saturated carbocycles. The van der Waals surface area contributed by atoms with Crippen molar-refractivity contribution in [2.45, 2.75) is 89.3 Å². The third kappa shape index (κ3) is 2.40. The third-order valence-electron chi connectivity index (χ3n) is 10.5. The minimum atomic E-state index is -0.697. The smallest absolute Gasteiger partial charge is 0.174 e. The summed E-state index contributed by atoms with van der Waals surface area (Å²) in [6.45, 7) is 9.80. The summed E-state index contributed by atoms with van der Waals surface area (Å²) >= 11 is 0. The van der Waals surface area contributed by atoms with E-state index in [-0.39, 0.29) is 16.6 Å². The maximum absolute atomic E-state index is 12.0. The number of fused-ring (bicyclic) bond motifs is 6. The minimum absolute atomic E-state index is 0.0923. The summed E-state index contributed by atoms with van der Waals surface area (Å²) in [6, 6.07) is 0. The van der Waals surface area contributed by atoms with Crippen LogP contribution in [0.15, 0.2) is 0 Å². The Labute approximate surface area is 174 Å². The second-order valence-electron chi connectivity index (χ2n) is 11.8. The van der Waals surface area contributed by atoms with Gasteiger partial charge in [0.25, 0.3) is 0 Å². The molecule has 0 amide bonds. The number of hydrogen-bond donors (Lipinski definition) is 1. The quantitative estimate of drug-likeness (QED) is 0.662. The molecule has 4 aliphatic carbocycles. The van der Waals surface area contributed by atoms with E-state index >= 15 is 0 Å².